The van der Waals surface area contributed by atoms with Gasteiger partial charge in [0.2, 0.25) is 5.91 Å². The first kappa shape index (κ1) is 19.3. The molecule has 0 radical (unpaired) electrons. The largest absolute Gasteiger partial charge is 0.497 e. The normalized spacial score (nSPS) is 13.7. The molecule has 7 nitrogen and oxygen atoms in total. The molecule has 8 heteroatoms. The second kappa shape index (κ2) is 8.47. The first-order valence-corrected chi connectivity index (χ1v) is 9.75. The van der Waals surface area contributed by atoms with Crippen LogP contribution in [0, 0.1) is 0 Å². The Hall–Kier alpha value is -2.48. The van der Waals surface area contributed by atoms with Crippen molar-refractivity contribution < 1.29 is 14.3 Å². The average Bonchev–Trinajstić information content (AvgIpc) is 3.15. The van der Waals surface area contributed by atoms with E-state index in [1.54, 1.807) is 32.4 Å². The molecular formula is C19H23N3O4S. The van der Waals surface area contributed by atoms with Crippen LogP contribution in [-0.4, -0.2) is 35.3 Å². The third-order valence-electron chi connectivity index (χ3n) is 4.50. The summed E-state index contributed by atoms with van der Waals surface area (Å²) in [5, 5.41) is 2.98. The van der Waals surface area contributed by atoms with Crippen molar-refractivity contribution in [1.82, 2.24) is 9.97 Å². The standard InChI is InChI=1S/C19H23N3O4S/c1-4-16(27-19-21-13-7-5-6-12(13)17(23)22-19)18(24)20-14-10-11(25-2)8-9-15(14)26-3/h8-10,16H,4-7H2,1-3H3,(H,20,24)(H,21,22,23). The lowest BCUT2D eigenvalue weighted by Crippen LogP contribution is -2.26. The first-order valence-electron chi connectivity index (χ1n) is 8.87. The Bertz CT molecular complexity index is 897. The summed E-state index contributed by atoms with van der Waals surface area (Å²) in [5.74, 6) is 0.988. The van der Waals surface area contributed by atoms with Gasteiger partial charge in [-0.3, -0.25) is 9.59 Å². The number of anilines is 1. The molecule has 27 heavy (non-hydrogen) atoms. The number of thioether (sulfide) groups is 1. The van der Waals surface area contributed by atoms with Crippen molar-refractivity contribution in [2.45, 2.75) is 43.0 Å². The summed E-state index contributed by atoms with van der Waals surface area (Å²) in [5.41, 5.74) is 2.07. The maximum atomic E-state index is 12.8. The molecule has 3 rings (SSSR count). The fraction of sp³-hybridized carbons (Fsp3) is 0.421. The van der Waals surface area contributed by atoms with Crippen LogP contribution in [-0.2, 0) is 17.6 Å². The number of rotatable bonds is 7. The van der Waals surface area contributed by atoms with E-state index in [1.165, 1.54) is 11.8 Å². The second-order valence-corrected chi connectivity index (χ2v) is 7.41. The summed E-state index contributed by atoms with van der Waals surface area (Å²) in [6.07, 6.45) is 3.13. The Balaban J connectivity index is 1.77. The molecule has 1 aliphatic carbocycles. The maximum Gasteiger partial charge on any atom is 0.254 e. The van der Waals surface area contributed by atoms with Crippen molar-refractivity contribution >= 4 is 23.4 Å². The van der Waals surface area contributed by atoms with Crippen LogP contribution >= 0.6 is 11.8 Å². The number of hydrogen-bond acceptors (Lipinski definition) is 6. The summed E-state index contributed by atoms with van der Waals surface area (Å²) in [6, 6.07) is 5.21. The number of hydrogen-bond donors (Lipinski definition) is 2. The third-order valence-corrected chi connectivity index (χ3v) is 5.75. The SMILES string of the molecule is CCC(Sc1nc2c(c(=O)[nH]1)CCC2)C(=O)Nc1cc(OC)ccc1OC. The van der Waals surface area contributed by atoms with Crippen LogP contribution in [0.3, 0.4) is 0 Å². The van der Waals surface area contributed by atoms with Crippen molar-refractivity contribution in [3.05, 3.63) is 39.8 Å². The van der Waals surface area contributed by atoms with E-state index < -0.39 is 5.25 Å². The Morgan fingerprint density at radius 1 is 1.33 bits per heavy atom. The molecule has 0 aliphatic heterocycles. The number of nitrogens with zero attached hydrogens (tertiary/aromatic N) is 1. The molecule has 144 valence electrons. The molecular weight excluding hydrogens is 366 g/mol. The van der Waals surface area contributed by atoms with Gasteiger partial charge >= 0.3 is 0 Å². The highest BCUT2D eigenvalue weighted by molar-refractivity contribution is 8.00. The Labute approximate surface area is 161 Å². The second-order valence-electron chi connectivity index (χ2n) is 6.22. The number of ether oxygens (including phenoxy) is 2. The van der Waals surface area contributed by atoms with Crippen LogP contribution in [0.15, 0.2) is 28.2 Å². The fourth-order valence-corrected chi connectivity index (χ4v) is 3.97. The number of aromatic amines is 1. The topological polar surface area (TPSA) is 93.3 Å². The van der Waals surface area contributed by atoms with Crippen molar-refractivity contribution in [3.63, 3.8) is 0 Å². The highest BCUT2D eigenvalue weighted by Gasteiger charge is 2.23. The number of aryl methyl sites for hydroxylation is 1. The van der Waals surface area contributed by atoms with Gasteiger partial charge in [-0.05, 0) is 37.8 Å². The van der Waals surface area contributed by atoms with Gasteiger partial charge < -0.3 is 19.8 Å². The Morgan fingerprint density at radius 3 is 2.85 bits per heavy atom. The summed E-state index contributed by atoms with van der Waals surface area (Å²) < 4.78 is 10.5. The monoisotopic (exact) mass is 389 g/mol. The van der Waals surface area contributed by atoms with E-state index in [4.69, 9.17) is 9.47 Å². The van der Waals surface area contributed by atoms with Gasteiger partial charge in [-0.15, -0.1) is 0 Å². The molecule has 0 fully saturated rings. The lowest BCUT2D eigenvalue weighted by atomic mass is 10.2. The number of fused-ring (bicyclic) bond motifs is 1. The van der Waals surface area contributed by atoms with Crippen LogP contribution in [0.5, 0.6) is 11.5 Å². The maximum absolute atomic E-state index is 12.8. The molecule has 1 aliphatic rings. The summed E-state index contributed by atoms with van der Waals surface area (Å²) in [7, 11) is 3.11. The number of carbonyl (C=O) groups excluding carboxylic acids is 1. The quantitative estimate of drug-likeness (QED) is 0.559. The molecule has 0 bridgehead atoms. The minimum Gasteiger partial charge on any atom is -0.497 e. The van der Waals surface area contributed by atoms with Crippen LogP contribution in [0.1, 0.15) is 31.0 Å². The molecule has 2 N–H and O–H groups in total. The minimum absolute atomic E-state index is 0.0928. The van der Waals surface area contributed by atoms with Crippen LogP contribution in [0.2, 0.25) is 0 Å². The zero-order valence-corrected chi connectivity index (χ0v) is 16.4. The Kier molecular flexibility index (Phi) is 6.05. The predicted octanol–water partition coefficient (Wildman–Crippen LogP) is 2.79. The molecule has 0 spiro atoms. The lowest BCUT2D eigenvalue weighted by molar-refractivity contribution is -0.115. The van der Waals surface area contributed by atoms with Gasteiger partial charge in [0.1, 0.15) is 11.5 Å². The van der Waals surface area contributed by atoms with Gasteiger partial charge in [0, 0.05) is 11.6 Å². The van der Waals surface area contributed by atoms with E-state index in [0.717, 1.165) is 30.5 Å². The number of benzene rings is 1. The van der Waals surface area contributed by atoms with E-state index in [-0.39, 0.29) is 11.5 Å². The molecule has 0 saturated heterocycles. The van der Waals surface area contributed by atoms with Crippen LogP contribution in [0.25, 0.3) is 0 Å². The number of carbonyl (C=O) groups is 1. The number of nitrogens with one attached hydrogen (secondary N) is 2. The number of amides is 1. The van der Waals surface area contributed by atoms with Gasteiger partial charge in [-0.25, -0.2) is 4.98 Å². The number of methoxy groups -OCH3 is 2. The van der Waals surface area contributed by atoms with Crippen molar-refractivity contribution in [2.75, 3.05) is 19.5 Å². The van der Waals surface area contributed by atoms with Gasteiger partial charge in [0.25, 0.3) is 5.56 Å². The summed E-state index contributed by atoms with van der Waals surface area (Å²) in [4.78, 5) is 32.3. The van der Waals surface area contributed by atoms with E-state index in [9.17, 15) is 9.59 Å². The molecule has 1 aromatic carbocycles. The van der Waals surface area contributed by atoms with E-state index in [1.807, 2.05) is 6.92 Å². The highest BCUT2D eigenvalue weighted by Crippen LogP contribution is 2.31. The molecule has 0 saturated carbocycles. The minimum atomic E-state index is -0.400. The summed E-state index contributed by atoms with van der Waals surface area (Å²) in [6.45, 7) is 1.92. The fourth-order valence-electron chi connectivity index (χ4n) is 3.06. The van der Waals surface area contributed by atoms with Gasteiger partial charge in [0.05, 0.1) is 30.9 Å². The van der Waals surface area contributed by atoms with Gasteiger partial charge in [-0.1, -0.05) is 18.7 Å². The molecule has 1 unspecified atom stereocenters. The summed E-state index contributed by atoms with van der Waals surface area (Å²) >= 11 is 1.27. The van der Waals surface area contributed by atoms with Gasteiger partial charge in [0.15, 0.2) is 5.16 Å². The predicted molar refractivity (Wildman–Crippen MR) is 105 cm³/mol. The average molecular weight is 389 g/mol. The number of H-pyrrole nitrogens is 1. The van der Waals surface area contributed by atoms with Crippen molar-refractivity contribution in [3.8, 4) is 11.5 Å². The zero-order valence-electron chi connectivity index (χ0n) is 15.6. The van der Waals surface area contributed by atoms with E-state index in [2.05, 4.69) is 15.3 Å². The van der Waals surface area contributed by atoms with E-state index in [0.29, 0.717) is 28.8 Å². The Morgan fingerprint density at radius 2 is 2.15 bits per heavy atom. The lowest BCUT2D eigenvalue weighted by Gasteiger charge is -2.16. The molecule has 1 atom stereocenters. The smallest absolute Gasteiger partial charge is 0.254 e. The highest BCUT2D eigenvalue weighted by atomic mass is 32.2. The molecule has 2 aromatic rings. The van der Waals surface area contributed by atoms with Crippen molar-refractivity contribution in [1.29, 1.82) is 0 Å². The van der Waals surface area contributed by atoms with Crippen LogP contribution in [0.4, 0.5) is 5.69 Å². The van der Waals surface area contributed by atoms with Gasteiger partial charge in [-0.2, -0.15) is 0 Å². The van der Waals surface area contributed by atoms with Crippen LogP contribution < -0.4 is 20.3 Å². The van der Waals surface area contributed by atoms with Crippen molar-refractivity contribution in [2.24, 2.45) is 0 Å². The molecule has 1 heterocycles. The zero-order chi connectivity index (χ0) is 19.4. The third kappa shape index (κ3) is 4.27. The number of aromatic nitrogens is 2. The molecule has 1 aromatic heterocycles. The van der Waals surface area contributed by atoms with E-state index >= 15 is 0 Å². The first-order chi connectivity index (χ1) is 13.0. The molecule has 1 amide bonds.